The highest BCUT2D eigenvalue weighted by molar-refractivity contribution is 6.39. The summed E-state index contributed by atoms with van der Waals surface area (Å²) in [5, 5.41) is 12.3. The second-order valence-corrected chi connectivity index (χ2v) is 9.26. The highest BCUT2D eigenvalue weighted by Gasteiger charge is 2.25. The molecule has 0 saturated carbocycles. The second-order valence-electron chi connectivity index (χ2n) is 8.44. The van der Waals surface area contributed by atoms with Gasteiger partial charge in [0, 0.05) is 37.0 Å². The second kappa shape index (κ2) is 11.5. The van der Waals surface area contributed by atoms with Crippen LogP contribution < -0.4 is 5.32 Å². The zero-order valence-corrected chi connectivity index (χ0v) is 21.0. The Bertz CT molecular complexity index is 1360. The Balaban J connectivity index is 1.40. The van der Waals surface area contributed by atoms with Crippen molar-refractivity contribution in [2.75, 3.05) is 13.1 Å². The number of nitrogens with one attached hydrogen (secondary N) is 1. The molecule has 1 aliphatic heterocycles. The van der Waals surface area contributed by atoms with E-state index < -0.39 is 23.7 Å². The number of benzene rings is 2. The SMILES string of the molecule is O=C(N[C@@H](Cc1ccc(C2=CCN(C(=O)c3cccc(F)c3)CC2)cn1)C(=O)O)c1c(Cl)cccc1Cl. The number of hydrogen-bond acceptors (Lipinski definition) is 4. The first-order chi connectivity index (χ1) is 17.7. The van der Waals surface area contributed by atoms with Gasteiger partial charge in [0.05, 0.1) is 15.6 Å². The number of aliphatic carboxylic acids is 1. The summed E-state index contributed by atoms with van der Waals surface area (Å²) in [7, 11) is 0. The third kappa shape index (κ3) is 6.34. The van der Waals surface area contributed by atoms with Crippen molar-refractivity contribution < 1.29 is 23.9 Å². The van der Waals surface area contributed by atoms with Gasteiger partial charge in [-0.3, -0.25) is 14.6 Å². The number of carbonyl (C=O) groups is 3. The van der Waals surface area contributed by atoms with E-state index >= 15 is 0 Å². The minimum absolute atomic E-state index is 0.00884. The van der Waals surface area contributed by atoms with E-state index in [2.05, 4.69) is 10.3 Å². The molecule has 2 aromatic carbocycles. The number of carboxylic acid groups (broad SMARTS) is 1. The van der Waals surface area contributed by atoms with E-state index in [4.69, 9.17) is 23.2 Å². The van der Waals surface area contributed by atoms with Gasteiger partial charge in [0.15, 0.2) is 0 Å². The summed E-state index contributed by atoms with van der Waals surface area (Å²) in [5.74, 6) is -2.60. The number of pyridine rings is 1. The summed E-state index contributed by atoms with van der Waals surface area (Å²) in [6.45, 7) is 0.852. The molecule has 37 heavy (non-hydrogen) atoms. The predicted molar refractivity (Wildman–Crippen MR) is 138 cm³/mol. The van der Waals surface area contributed by atoms with Crippen molar-refractivity contribution in [2.24, 2.45) is 0 Å². The van der Waals surface area contributed by atoms with Crippen LogP contribution in [0.3, 0.4) is 0 Å². The Hall–Kier alpha value is -3.75. The lowest BCUT2D eigenvalue weighted by atomic mass is 9.99. The molecule has 1 aliphatic rings. The van der Waals surface area contributed by atoms with Gasteiger partial charge in [-0.15, -0.1) is 0 Å². The van der Waals surface area contributed by atoms with Crippen molar-refractivity contribution in [3.8, 4) is 0 Å². The Labute approximate surface area is 222 Å². The van der Waals surface area contributed by atoms with Gasteiger partial charge >= 0.3 is 5.97 Å². The largest absolute Gasteiger partial charge is 0.480 e. The van der Waals surface area contributed by atoms with E-state index in [0.29, 0.717) is 30.8 Å². The van der Waals surface area contributed by atoms with Crippen molar-refractivity contribution in [1.29, 1.82) is 0 Å². The van der Waals surface area contributed by atoms with Crippen molar-refractivity contribution in [2.45, 2.75) is 18.9 Å². The molecule has 10 heteroatoms. The van der Waals surface area contributed by atoms with Crippen LogP contribution in [0.25, 0.3) is 5.57 Å². The van der Waals surface area contributed by atoms with Crippen molar-refractivity contribution in [3.05, 3.63) is 105 Å². The number of carboxylic acids is 1. The third-order valence-corrected chi connectivity index (χ3v) is 6.60. The zero-order valence-electron chi connectivity index (χ0n) is 19.5. The van der Waals surface area contributed by atoms with Crippen LogP contribution in [0.5, 0.6) is 0 Å². The molecule has 190 valence electrons. The molecule has 0 radical (unpaired) electrons. The first-order valence-electron chi connectivity index (χ1n) is 11.4. The quantitative estimate of drug-likeness (QED) is 0.444. The minimum atomic E-state index is -1.24. The normalized spacial score (nSPS) is 14.0. The van der Waals surface area contributed by atoms with Crippen LogP contribution in [0.1, 0.15) is 38.4 Å². The van der Waals surface area contributed by atoms with Crippen LogP contribution in [0.4, 0.5) is 4.39 Å². The molecule has 0 saturated heterocycles. The predicted octanol–water partition coefficient (Wildman–Crippen LogP) is 4.88. The number of halogens is 3. The van der Waals surface area contributed by atoms with Gasteiger partial charge in [0.2, 0.25) is 0 Å². The zero-order chi connectivity index (χ0) is 26.5. The summed E-state index contributed by atoms with van der Waals surface area (Å²) in [5.41, 5.74) is 2.63. The fourth-order valence-corrected chi connectivity index (χ4v) is 4.58. The number of aromatic nitrogens is 1. The van der Waals surface area contributed by atoms with Crippen LogP contribution >= 0.6 is 23.2 Å². The molecule has 0 fully saturated rings. The van der Waals surface area contributed by atoms with Gasteiger partial charge in [-0.25, -0.2) is 9.18 Å². The van der Waals surface area contributed by atoms with E-state index in [9.17, 15) is 23.9 Å². The Morgan fingerprint density at radius 3 is 2.41 bits per heavy atom. The lowest BCUT2D eigenvalue weighted by Crippen LogP contribution is -2.42. The third-order valence-electron chi connectivity index (χ3n) is 5.97. The number of carbonyl (C=O) groups excluding carboxylic acids is 2. The Kier molecular flexibility index (Phi) is 8.21. The molecule has 2 N–H and O–H groups in total. The maximum absolute atomic E-state index is 13.5. The van der Waals surface area contributed by atoms with Gasteiger partial charge in [0.25, 0.3) is 11.8 Å². The van der Waals surface area contributed by atoms with Gasteiger partial charge in [0.1, 0.15) is 11.9 Å². The molecule has 7 nitrogen and oxygen atoms in total. The van der Waals surface area contributed by atoms with Crippen molar-refractivity contribution in [3.63, 3.8) is 0 Å². The van der Waals surface area contributed by atoms with Crippen LogP contribution in [0.2, 0.25) is 10.0 Å². The van der Waals surface area contributed by atoms with Crippen molar-refractivity contribution in [1.82, 2.24) is 15.2 Å². The monoisotopic (exact) mass is 541 g/mol. The van der Waals surface area contributed by atoms with Gasteiger partial charge < -0.3 is 15.3 Å². The molecular weight excluding hydrogens is 520 g/mol. The molecule has 2 amide bonds. The number of nitrogens with zero attached hydrogens (tertiary/aromatic N) is 2. The molecule has 4 rings (SSSR count). The summed E-state index contributed by atoms with van der Waals surface area (Å²) >= 11 is 12.1. The minimum Gasteiger partial charge on any atom is -0.480 e. The van der Waals surface area contributed by atoms with E-state index in [-0.39, 0.29) is 27.9 Å². The van der Waals surface area contributed by atoms with Gasteiger partial charge in [-0.1, -0.05) is 47.5 Å². The summed E-state index contributed by atoms with van der Waals surface area (Å²) < 4.78 is 13.5. The lowest BCUT2D eigenvalue weighted by Gasteiger charge is -2.26. The molecule has 0 bridgehead atoms. The standard InChI is InChI=1S/C27H22Cl2FN3O4/c28-21-5-2-6-22(29)24(21)25(34)32-23(27(36)37)14-20-8-7-18(15-31-20)16-9-11-33(12-10-16)26(35)17-3-1-4-19(30)13-17/h1-9,13,15,23H,10-12,14H2,(H,32,34)(H,36,37)/t23-/m0/s1. The van der Waals surface area contributed by atoms with E-state index in [1.807, 2.05) is 12.1 Å². The average Bonchev–Trinajstić information content (AvgIpc) is 2.88. The number of rotatable bonds is 7. The fourth-order valence-electron chi connectivity index (χ4n) is 4.01. The smallest absolute Gasteiger partial charge is 0.326 e. The fraction of sp³-hybridized carbons (Fsp3) is 0.185. The van der Waals surface area contributed by atoms with E-state index in [1.54, 1.807) is 29.3 Å². The molecule has 0 unspecified atom stereocenters. The molecule has 0 spiro atoms. The van der Waals surface area contributed by atoms with E-state index in [0.717, 1.165) is 11.1 Å². The maximum atomic E-state index is 13.5. The Morgan fingerprint density at radius 2 is 1.81 bits per heavy atom. The topological polar surface area (TPSA) is 99.6 Å². The lowest BCUT2D eigenvalue weighted by molar-refractivity contribution is -0.139. The molecule has 1 aromatic heterocycles. The maximum Gasteiger partial charge on any atom is 0.326 e. The molecule has 3 aromatic rings. The van der Waals surface area contributed by atoms with Gasteiger partial charge in [-0.2, -0.15) is 0 Å². The molecule has 2 heterocycles. The van der Waals surface area contributed by atoms with Crippen molar-refractivity contribution >= 4 is 46.6 Å². The number of hydrogen-bond donors (Lipinski definition) is 2. The Morgan fingerprint density at radius 1 is 1.08 bits per heavy atom. The first-order valence-corrected chi connectivity index (χ1v) is 12.2. The molecule has 0 aliphatic carbocycles. The first kappa shape index (κ1) is 26.3. The van der Waals surface area contributed by atoms with Crippen LogP contribution in [0, 0.1) is 5.82 Å². The van der Waals surface area contributed by atoms with Crippen LogP contribution in [-0.2, 0) is 11.2 Å². The highest BCUT2D eigenvalue weighted by Crippen LogP contribution is 2.25. The molecular formula is C27H22Cl2FN3O4. The summed E-state index contributed by atoms with van der Waals surface area (Å²) in [6, 6.07) is 12.5. The van der Waals surface area contributed by atoms with E-state index in [1.165, 1.54) is 30.3 Å². The number of amides is 2. The van der Waals surface area contributed by atoms with Crippen LogP contribution in [0.15, 0.2) is 66.9 Å². The molecule has 1 atom stereocenters. The summed E-state index contributed by atoms with van der Waals surface area (Å²) in [4.78, 5) is 43.1. The highest BCUT2D eigenvalue weighted by atomic mass is 35.5. The summed E-state index contributed by atoms with van der Waals surface area (Å²) in [6.07, 6.45) is 4.11. The van der Waals surface area contributed by atoms with Gasteiger partial charge in [-0.05, 0) is 54.0 Å². The average molecular weight is 542 g/mol. The van der Waals surface area contributed by atoms with Crippen LogP contribution in [-0.4, -0.2) is 51.9 Å².